The van der Waals surface area contributed by atoms with Crippen molar-refractivity contribution in [1.82, 2.24) is 20.4 Å². The molecule has 1 aromatic heterocycles. The van der Waals surface area contributed by atoms with Crippen LogP contribution in [0.5, 0.6) is 0 Å². The maximum atomic E-state index is 12.0. The van der Waals surface area contributed by atoms with Crippen LogP contribution in [0.3, 0.4) is 0 Å². The lowest BCUT2D eigenvalue weighted by Gasteiger charge is -2.33. The van der Waals surface area contributed by atoms with Crippen molar-refractivity contribution >= 4 is 11.9 Å². The molecule has 1 aliphatic rings. The molecule has 7 nitrogen and oxygen atoms in total. The van der Waals surface area contributed by atoms with E-state index in [4.69, 9.17) is 4.42 Å². The second-order valence-corrected chi connectivity index (χ2v) is 5.15. The summed E-state index contributed by atoms with van der Waals surface area (Å²) < 4.78 is 5.16. The van der Waals surface area contributed by atoms with Crippen molar-refractivity contribution in [3.05, 3.63) is 5.89 Å². The van der Waals surface area contributed by atoms with Gasteiger partial charge in [0, 0.05) is 19.5 Å². The molecule has 0 aliphatic carbocycles. The normalized spacial score (nSPS) is 19.2. The Morgan fingerprint density at radius 1 is 1.55 bits per heavy atom. The summed E-state index contributed by atoms with van der Waals surface area (Å²) in [6, 6.07) is 0.601. The van der Waals surface area contributed by atoms with Crippen LogP contribution in [0.15, 0.2) is 4.42 Å². The van der Waals surface area contributed by atoms with Gasteiger partial charge in [0.15, 0.2) is 0 Å². The van der Waals surface area contributed by atoms with Gasteiger partial charge in [0.1, 0.15) is 0 Å². The van der Waals surface area contributed by atoms with Crippen molar-refractivity contribution in [3.8, 4) is 0 Å². The van der Waals surface area contributed by atoms with Gasteiger partial charge in [0.05, 0.1) is 6.54 Å². The van der Waals surface area contributed by atoms with Crippen LogP contribution in [0.2, 0.25) is 0 Å². The maximum absolute atomic E-state index is 12.0. The molecule has 1 fully saturated rings. The summed E-state index contributed by atoms with van der Waals surface area (Å²) in [4.78, 5) is 14.3. The third-order valence-corrected chi connectivity index (χ3v) is 3.42. The average Bonchev–Trinajstić information content (AvgIpc) is 2.84. The largest absolute Gasteiger partial charge is 0.408 e. The molecule has 1 aromatic rings. The first-order valence-corrected chi connectivity index (χ1v) is 7.23. The summed E-state index contributed by atoms with van der Waals surface area (Å²) >= 11 is 0. The van der Waals surface area contributed by atoms with E-state index >= 15 is 0 Å². The van der Waals surface area contributed by atoms with E-state index in [1.165, 1.54) is 0 Å². The highest BCUT2D eigenvalue weighted by molar-refractivity contribution is 5.90. The molecule has 0 aromatic carbocycles. The van der Waals surface area contributed by atoms with Gasteiger partial charge in [-0.3, -0.25) is 15.0 Å². The molecule has 0 spiro atoms. The Kier molecular flexibility index (Phi) is 5.49. The number of carbonyl (C=O) groups excluding carboxylic acids is 1. The van der Waals surface area contributed by atoms with Gasteiger partial charge in [-0.25, -0.2) is 0 Å². The molecule has 0 saturated carbocycles. The molecular formula is C13H23N5O2. The Labute approximate surface area is 119 Å². The van der Waals surface area contributed by atoms with E-state index in [0.29, 0.717) is 18.5 Å². The van der Waals surface area contributed by atoms with Crippen molar-refractivity contribution in [2.75, 3.05) is 31.5 Å². The molecule has 20 heavy (non-hydrogen) atoms. The first-order chi connectivity index (χ1) is 9.69. The number of rotatable bonds is 6. The molecule has 1 aliphatic heterocycles. The van der Waals surface area contributed by atoms with Crippen LogP contribution in [0.25, 0.3) is 0 Å². The highest BCUT2D eigenvalue weighted by Gasteiger charge is 2.22. The van der Waals surface area contributed by atoms with Crippen molar-refractivity contribution < 1.29 is 9.21 Å². The Morgan fingerprint density at radius 2 is 2.40 bits per heavy atom. The highest BCUT2D eigenvalue weighted by atomic mass is 16.4. The molecule has 2 rings (SSSR count). The number of aryl methyl sites for hydroxylation is 1. The van der Waals surface area contributed by atoms with Crippen LogP contribution in [0, 0.1) is 6.92 Å². The van der Waals surface area contributed by atoms with E-state index in [-0.39, 0.29) is 11.9 Å². The number of nitrogens with one attached hydrogen (secondary N) is 2. The molecule has 1 unspecified atom stereocenters. The molecule has 2 N–H and O–H groups in total. The lowest BCUT2D eigenvalue weighted by Crippen LogP contribution is -2.48. The summed E-state index contributed by atoms with van der Waals surface area (Å²) in [5.74, 6) is 0.342. The number of hydrogen-bond acceptors (Lipinski definition) is 6. The van der Waals surface area contributed by atoms with Gasteiger partial charge in [-0.1, -0.05) is 12.0 Å². The maximum Gasteiger partial charge on any atom is 0.322 e. The molecule has 1 amide bonds. The minimum Gasteiger partial charge on any atom is -0.408 e. The Balaban J connectivity index is 1.87. The zero-order valence-electron chi connectivity index (χ0n) is 12.2. The third kappa shape index (κ3) is 4.28. The van der Waals surface area contributed by atoms with E-state index in [0.717, 1.165) is 38.9 Å². The van der Waals surface area contributed by atoms with Crippen LogP contribution in [0.1, 0.15) is 32.1 Å². The number of aromatic nitrogens is 2. The van der Waals surface area contributed by atoms with Gasteiger partial charge in [0.25, 0.3) is 0 Å². The van der Waals surface area contributed by atoms with Crippen LogP contribution < -0.4 is 10.6 Å². The molecular weight excluding hydrogens is 258 g/mol. The Morgan fingerprint density at radius 3 is 3.00 bits per heavy atom. The van der Waals surface area contributed by atoms with E-state index in [1.54, 1.807) is 6.92 Å². The van der Waals surface area contributed by atoms with Gasteiger partial charge in [-0.05, 0) is 32.4 Å². The second kappa shape index (κ2) is 7.35. The van der Waals surface area contributed by atoms with Crippen molar-refractivity contribution in [1.29, 1.82) is 0 Å². The number of amides is 1. The molecule has 7 heteroatoms. The van der Waals surface area contributed by atoms with E-state index in [1.807, 2.05) is 0 Å². The Bertz CT molecular complexity index is 428. The van der Waals surface area contributed by atoms with Gasteiger partial charge in [-0.15, -0.1) is 5.10 Å². The molecule has 1 saturated heterocycles. The van der Waals surface area contributed by atoms with Gasteiger partial charge in [-0.2, -0.15) is 0 Å². The first kappa shape index (κ1) is 14.9. The monoisotopic (exact) mass is 281 g/mol. The summed E-state index contributed by atoms with van der Waals surface area (Å²) in [5.41, 5.74) is 0. The van der Waals surface area contributed by atoms with Gasteiger partial charge in [0.2, 0.25) is 11.8 Å². The number of piperidine rings is 1. The summed E-state index contributed by atoms with van der Waals surface area (Å²) in [6.07, 6.45) is 3.33. The minimum atomic E-state index is -0.104. The zero-order valence-corrected chi connectivity index (χ0v) is 12.2. The SMILES string of the molecule is CCCN(CC(=O)Nc1nnc(C)o1)C1CCCNC1. The number of carbonyl (C=O) groups is 1. The fourth-order valence-corrected chi connectivity index (χ4v) is 2.51. The number of hydrogen-bond donors (Lipinski definition) is 2. The first-order valence-electron chi connectivity index (χ1n) is 7.23. The van der Waals surface area contributed by atoms with Crippen molar-refractivity contribution in [2.45, 2.75) is 39.2 Å². The zero-order chi connectivity index (χ0) is 14.4. The van der Waals surface area contributed by atoms with Crippen LogP contribution in [-0.4, -0.2) is 53.2 Å². The van der Waals surface area contributed by atoms with Crippen LogP contribution in [-0.2, 0) is 4.79 Å². The van der Waals surface area contributed by atoms with Crippen molar-refractivity contribution in [3.63, 3.8) is 0 Å². The lowest BCUT2D eigenvalue weighted by molar-refractivity contribution is -0.118. The summed E-state index contributed by atoms with van der Waals surface area (Å²) in [5, 5.41) is 13.5. The van der Waals surface area contributed by atoms with Crippen LogP contribution in [0.4, 0.5) is 6.01 Å². The average molecular weight is 281 g/mol. The highest BCUT2D eigenvalue weighted by Crippen LogP contribution is 2.11. The fourth-order valence-electron chi connectivity index (χ4n) is 2.51. The Hall–Kier alpha value is -1.47. The number of nitrogens with zero attached hydrogens (tertiary/aromatic N) is 3. The molecule has 0 radical (unpaired) electrons. The lowest BCUT2D eigenvalue weighted by atomic mass is 10.1. The molecule has 0 bridgehead atoms. The van der Waals surface area contributed by atoms with Crippen LogP contribution >= 0.6 is 0 Å². The molecule has 112 valence electrons. The fraction of sp³-hybridized carbons (Fsp3) is 0.769. The smallest absolute Gasteiger partial charge is 0.322 e. The van der Waals surface area contributed by atoms with E-state index in [9.17, 15) is 4.79 Å². The summed E-state index contributed by atoms with van der Waals surface area (Å²) in [6.45, 7) is 7.13. The quantitative estimate of drug-likeness (QED) is 0.802. The predicted octanol–water partition coefficient (Wildman–Crippen LogP) is 0.781. The van der Waals surface area contributed by atoms with Gasteiger partial charge < -0.3 is 9.73 Å². The third-order valence-electron chi connectivity index (χ3n) is 3.42. The van der Waals surface area contributed by atoms with E-state index < -0.39 is 0 Å². The predicted molar refractivity (Wildman–Crippen MR) is 75.4 cm³/mol. The van der Waals surface area contributed by atoms with Gasteiger partial charge >= 0.3 is 6.01 Å². The second-order valence-electron chi connectivity index (χ2n) is 5.15. The van der Waals surface area contributed by atoms with Crippen molar-refractivity contribution in [2.24, 2.45) is 0 Å². The standard InChI is InChI=1S/C13H23N5O2/c1-3-7-18(11-5-4-6-14-8-11)9-12(19)15-13-17-16-10(2)20-13/h11,14H,3-9H2,1-2H3,(H,15,17,19). The topological polar surface area (TPSA) is 83.3 Å². The summed E-state index contributed by atoms with van der Waals surface area (Å²) in [7, 11) is 0. The van der Waals surface area contributed by atoms with E-state index in [2.05, 4.69) is 32.7 Å². The molecule has 2 heterocycles. The molecule has 1 atom stereocenters. The number of anilines is 1. The minimum absolute atomic E-state index is 0.104.